The van der Waals surface area contributed by atoms with E-state index in [0.29, 0.717) is 5.92 Å². The Morgan fingerprint density at radius 2 is 2.33 bits per heavy atom. The molecule has 0 amide bonds. The molecule has 1 N–H and O–H groups in total. The van der Waals surface area contributed by atoms with Crippen LogP contribution >= 0.6 is 0 Å². The first-order chi connectivity index (χ1) is 5.92. The lowest BCUT2D eigenvalue weighted by molar-refractivity contribution is 0.251. The molecule has 2 nitrogen and oxygen atoms in total. The highest BCUT2D eigenvalue weighted by Crippen LogP contribution is 2.41. The van der Waals surface area contributed by atoms with Gasteiger partial charge in [-0.3, -0.25) is 4.98 Å². The lowest BCUT2D eigenvalue weighted by atomic mass is 10.0. The molecule has 0 aromatic carbocycles. The third-order valence-corrected chi connectivity index (χ3v) is 2.46. The van der Waals surface area contributed by atoms with Gasteiger partial charge in [0, 0.05) is 17.8 Å². The molecule has 0 radical (unpaired) electrons. The average molecular weight is 163 g/mol. The zero-order valence-electron chi connectivity index (χ0n) is 6.98. The van der Waals surface area contributed by atoms with Crippen LogP contribution in [0, 0.1) is 5.92 Å². The zero-order valence-corrected chi connectivity index (χ0v) is 6.98. The van der Waals surface area contributed by atoms with Gasteiger partial charge in [-0.05, 0) is 30.9 Å². The summed E-state index contributed by atoms with van der Waals surface area (Å²) >= 11 is 0. The molecular formula is C10H13NO. The fourth-order valence-corrected chi connectivity index (χ4v) is 1.58. The van der Waals surface area contributed by atoms with Crippen molar-refractivity contribution in [3.63, 3.8) is 0 Å². The molecule has 1 heterocycles. The van der Waals surface area contributed by atoms with Crippen LogP contribution in [0.2, 0.25) is 0 Å². The summed E-state index contributed by atoms with van der Waals surface area (Å²) in [6, 6.07) is 5.89. The van der Waals surface area contributed by atoms with Gasteiger partial charge in [-0.1, -0.05) is 6.07 Å². The minimum Gasteiger partial charge on any atom is -0.396 e. The smallest absolute Gasteiger partial charge is 0.0517 e. The summed E-state index contributed by atoms with van der Waals surface area (Å²) in [5.41, 5.74) is 1.04. The molecule has 0 saturated heterocycles. The van der Waals surface area contributed by atoms with Crippen molar-refractivity contribution in [2.24, 2.45) is 5.92 Å². The number of rotatable bonds is 3. The highest BCUT2D eigenvalue weighted by atomic mass is 16.3. The summed E-state index contributed by atoms with van der Waals surface area (Å²) in [6.07, 6.45) is 4.30. The Morgan fingerprint density at radius 1 is 1.50 bits per heavy atom. The lowest BCUT2D eigenvalue weighted by Crippen LogP contribution is -2.07. The number of hydrogen-bond acceptors (Lipinski definition) is 2. The Kier molecular flexibility index (Phi) is 2.09. The van der Waals surface area contributed by atoms with Crippen LogP contribution < -0.4 is 0 Å². The quantitative estimate of drug-likeness (QED) is 0.733. The molecule has 0 spiro atoms. The number of aromatic nitrogens is 1. The first-order valence-corrected chi connectivity index (χ1v) is 4.43. The molecule has 1 saturated carbocycles. The number of hydrogen-bond donors (Lipinski definition) is 1. The second-order valence-corrected chi connectivity index (χ2v) is 3.38. The van der Waals surface area contributed by atoms with Crippen LogP contribution in [-0.2, 0) is 0 Å². The molecule has 1 atom stereocenters. The normalized spacial score (nSPS) is 19.1. The molecule has 1 aliphatic carbocycles. The van der Waals surface area contributed by atoms with Crippen LogP contribution in [-0.4, -0.2) is 16.7 Å². The highest BCUT2D eigenvalue weighted by Gasteiger charge is 2.32. The van der Waals surface area contributed by atoms with E-state index in [9.17, 15) is 0 Å². The Bertz CT molecular complexity index is 243. The van der Waals surface area contributed by atoms with Crippen LogP contribution in [0.25, 0.3) is 0 Å². The highest BCUT2D eigenvalue weighted by molar-refractivity contribution is 5.12. The third-order valence-electron chi connectivity index (χ3n) is 2.46. The molecule has 0 aliphatic heterocycles. The molecule has 1 fully saturated rings. The van der Waals surface area contributed by atoms with Crippen molar-refractivity contribution in [1.82, 2.24) is 4.98 Å². The topological polar surface area (TPSA) is 33.1 Å². The average Bonchev–Trinajstić information content (AvgIpc) is 2.92. The van der Waals surface area contributed by atoms with Crippen molar-refractivity contribution in [3.05, 3.63) is 30.1 Å². The fourth-order valence-electron chi connectivity index (χ4n) is 1.58. The fraction of sp³-hybridized carbons (Fsp3) is 0.500. The molecule has 64 valence electrons. The van der Waals surface area contributed by atoms with Crippen molar-refractivity contribution >= 4 is 0 Å². The van der Waals surface area contributed by atoms with Gasteiger partial charge in [0.1, 0.15) is 0 Å². The summed E-state index contributed by atoms with van der Waals surface area (Å²) < 4.78 is 0. The van der Waals surface area contributed by atoms with E-state index in [4.69, 9.17) is 5.11 Å². The first kappa shape index (κ1) is 7.74. The second kappa shape index (κ2) is 3.23. The summed E-state index contributed by atoms with van der Waals surface area (Å²) in [5.74, 6) is 0.969. The van der Waals surface area contributed by atoms with Gasteiger partial charge in [0.2, 0.25) is 0 Å². The van der Waals surface area contributed by atoms with E-state index in [0.717, 1.165) is 5.69 Å². The predicted octanol–water partition coefficient (Wildman–Crippen LogP) is 1.57. The van der Waals surface area contributed by atoms with Gasteiger partial charge in [-0.15, -0.1) is 0 Å². The van der Waals surface area contributed by atoms with Crippen LogP contribution in [0.1, 0.15) is 24.5 Å². The number of aliphatic hydroxyl groups excluding tert-OH is 1. The lowest BCUT2D eigenvalue weighted by Gasteiger charge is -2.11. The monoisotopic (exact) mass is 163 g/mol. The minimum absolute atomic E-state index is 0.238. The Labute approximate surface area is 72.3 Å². The van der Waals surface area contributed by atoms with Crippen molar-refractivity contribution in [2.45, 2.75) is 18.8 Å². The van der Waals surface area contributed by atoms with Gasteiger partial charge in [-0.2, -0.15) is 0 Å². The molecule has 1 aromatic heterocycles. The summed E-state index contributed by atoms with van der Waals surface area (Å²) in [6.45, 7) is 0.238. The molecule has 2 rings (SSSR count). The van der Waals surface area contributed by atoms with E-state index in [2.05, 4.69) is 4.98 Å². The van der Waals surface area contributed by atoms with Gasteiger partial charge in [0.05, 0.1) is 6.61 Å². The molecule has 12 heavy (non-hydrogen) atoms. The molecule has 1 aromatic rings. The number of nitrogens with zero attached hydrogens (tertiary/aromatic N) is 1. The van der Waals surface area contributed by atoms with Crippen molar-refractivity contribution < 1.29 is 5.11 Å². The van der Waals surface area contributed by atoms with Gasteiger partial charge in [-0.25, -0.2) is 0 Å². The third kappa shape index (κ3) is 1.48. The maximum absolute atomic E-state index is 9.15. The standard InChI is InChI=1S/C10H13NO/c12-7-9(8-4-5-8)10-3-1-2-6-11-10/h1-3,6,8-9,12H,4-5,7H2. The van der Waals surface area contributed by atoms with Crippen molar-refractivity contribution in [3.8, 4) is 0 Å². The zero-order chi connectivity index (χ0) is 8.39. The first-order valence-electron chi connectivity index (χ1n) is 4.43. The Hall–Kier alpha value is -0.890. The van der Waals surface area contributed by atoms with Gasteiger partial charge in [0.15, 0.2) is 0 Å². The SMILES string of the molecule is OCC(c1ccccn1)C1CC1. The second-order valence-electron chi connectivity index (χ2n) is 3.38. The van der Waals surface area contributed by atoms with E-state index >= 15 is 0 Å². The Morgan fingerprint density at radius 3 is 2.83 bits per heavy atom. The number of aliphatic hydroxyl groups is 1. The van der Waals surface area contributed by atoms with Crippen molar-refractivity contribution in [2.75, 3.05) is 6.61 Å². The molecule has 0 bridgehead atoms. The van der Waals surface area contributed by atoms with E-state index < -0.39 is 0 Å². The van der Waals surface area contributed by atoms with Gasteiger partial charge in [0.25, 0.3) is 0 Å². The van der Waals surface area contributed by atoms with Crippen LogP contribution in [0.15, 0.2) is 24.4 Å². The number of pyridine rings is 1. The molecule has 1 unspecified atom stereocenters. The van der Waals surface area contributed by atoms with Crippen molar-refractivity contribution in [1.29, 1.82) is 0 Å². The van der Waals surface area contributed by atoms with Crippen LogP contribution in [0.5, 0.6) is 0 Å². The molecule has 2 heteroatoms. The van der Waals surface area contributed by atoms with E-state index in [1.165, 1.54) is 12.8 Å². The van der Waals surface area contributed by atoms with E-state index in [-0.39, 0.29) is 12.5 Å². The maximum Gasteiger partial charge on any atom is 0.0517 e. The van der Waals surface area contributed by atoms with Crippen LogP contribution in [0.3, 0.4) is 0 Å². The Balaban J connectivity index is 2.15. The maximum atomic E-state index is 9.15. The molecule has 1 aliphatic rings. The summed E-state index contributed by atoms with van der Waals surface area (Å²) in [7, 11) is 0. The summed E-state index contributed by atoms with van der Waals surface area (Å²) in [5, 5.41) is 9.15. The minimum atomic E-state index is 0.238. The largest absolute Gasteiger partial charge is 0.396 e. The van der Waals surface area contributed by atoms with Gasteiger partial charge < -0.3 is 5.11 Å². The van der Waals surface area contributed by atoms with Crippen LogP contribution in [0.4, 0.5) is 0 Å². The summed E-state index contributed by atoms with van der Waals surface area (Å²) in [4.78, 5) is 4.25. The van der Waals surface area contributed by atoms with E-state index in [1.807, 2.05) is 18.2 Å². The predicted molar refractivity (Wildman–Crippen MR) is 46.8 cm³/mol. The van der Waals surface area contributed by atoms with E-state index in [1.54, 1.807) is 6.20 Å². The molecular weight excluding hydrogens is 150 g/mol. The van der Waals surface area contributed by atoms with Gasteiger partial charge >= 0.3 is 0 Å².